The smallest absolute Gasteiger partial charge is 0.251 e. The molecule has 0 fully saturated rings. The van der Waals surface area contributed by atoms with Gasteiger partial charge in [-0.25, -0.2) is 4.99 Å². The molecule has 0 spiro atoms. The Labute approximate surface area is 214 Å². The molecule has 7 nitrogen and oxygen atoms in total. The average molecular weight is 569 g/mol. The number of aliphatic imine (C=N–C) groups is 1. The van der Waals surface area contributed by atoms with E-state index in [9.17, 15) is 4.79 Å². The van der Waals surface area contributed by atoms with Crippen molar-refractivity contribution in [2.45, 2.75) is 46.2 Å². The van der Waals surface area contributed by atoms with Gasteiger partial charge in [0.05, 0.1) is 20.8 Å². The fourth-order valence-electron chi connectivity index (χ4n) is 3.10. The van der Waals surface area contributed by atoms with E-state index in [-0.39, 0.29) is 35.4 Å². The summed E-state index contributed by atoms with van der Waals surface area (Å²) in [5.74, 6) is 2.10. The molecule has 33 heavy (non-hydrogen) atoms. The monoisotopic (exact) mass is 568 g/mol. The lowest BCUT2D eigenvalue weighted by atomic mass is 10.1. The van der Waals surface area contributed by atoms with Gasteiger partial charge in [0.25, 0.3) is 5.91 Å². The van der Waals surface area contributed by atoms with Gasteiger partial charge in [0, 0.05) is 24.2 Å². The summed E-state index contributed by atoms with van der Waals surface area (Å²) in [6.07, 6.45) is 0.813. The van der Waals surface area contributed by atoms with Crippen molar-refractivity contribution in [3.63, 3.8) is 0 Å². The standard InChI is InChI=1S/C25H36N4O3.HI/c1-7-26-24(27-14-13-18-11-12-21(31-5)22(16-18)32-6)28-17-19-9-8-10-20(15-19)23(30)29-25(2,3)4;/h8-12,15-16H,7,13-14,17H2,1-6H3,(H,29,30)(H2,26,27,28);1H. The zero-order valence-electron chi connectivity index (χ0n) is 20.5. The van der Waals surface area contributed by atoms with E-state index in [1.807, 2.05) is 70.2 Å². The average Bonchev–Trinajstić information content (AvgIpc) is 2.76. The summed E-state index contributed by atoms with van der Waals surface area (Å²) in [6.45, 7) is 9.89. The van der Waals surface area contributed by atoms with Crippen LogP contribution in [0.2, 0.25) is 0 Å². The van der Waals surface area contributed by atoms with Crippen LogP contribution in [0.15, 0.2) is 47.5 Å². The summed E-state index contributed by atoms with van der Waals surface area (Å²) in [5, 5.41) is 9.62. The first kappa shape index (κ1) is 28.5. The molecule has 3 N–H and O–H groups in total. The first-order valence-electron chi connectivity index (χ1n) is 10.9. The number of amides is 1. The highest BCUT2D eigenvalue weighted by atomic mass is 127. The van der Waals surface area contributed by atoms with Gasteiger partial charge in [-0.3, -0.25) is 4.79 Å². The predicted octanol–water partition coefficient (Wildman–Crippen LogP) is 4.15. The van der Waals surface area contributed by atoms with Crippen LogP contribution < -0.4 is 25.4 Å². The molecule has 0 saturated heterocycles. The van der Waals surface area contributed by atoms with Crippen molar-refractivity contribution in [1.29, 1.82) is 0 Å². The third-order valence-electron chi connectivity index (χ3n) is 4.60. The highest BCUT2D eigenvalue weighted by Gasteiger charge is 2.15. The minimum absolute atomic E-state index is 0. The number of carbonyl (C=O) groups excluding carboxylic acids is 1. The van der Waals surface area contributed by atoms with Crippen molar-refractivity contribution >= 4 is 35.8 Å². The number of rotatable bonds is 9. The lowest BCUT2D eigenvalue weighted by molar-refractivity contribution is 0.0919. The summed E-state index contributed by atoms with van der Waals surface area (Å²) in [4.78, 5) is 17.1. The van der Waals surface area contributed by atoms with Crippen molar-refractivity contribution in [2.75, 3.05) is 27.3 Å². The number of nitrogens with zero attached hydrogens (tertiary/aromatic N) is 1. The molecule has 0 heterocycles. The van der Waals surface area contributed by atoms with Crippen LogP contribution in [0.4, 0.5) is 0 Å². The number of halogens is 1. The van der Waals surface area contributed by atoms with Crippen molar-refractivity contribution in [3.8, 4) is 11.5 Å². The molecule has 2 aromatic carbocycles. The Morgan fingerprint density at radius 3 is 2.33 bits per heavy atom. The number of benzene rings is 2. The Morgan fingerprint density at radius 1 is 0.970 bits per heavy atom. The molecule has 0 atom stereocenters. The van der Waals surface area contributed by atoms with Gasteiger partial charge in [-0.05, 0) is 69.5 Å². The van der Waals surface area contributed by atoms with Crippen LogP contribution in [-0.4, -0.2) is 44.7 Å². The zero-order chi connectivity index (χ0) is 23.6. The Bertz CT molecular complexity index is 926. The minimum atomic E-state index is -0.277. The van der Waals surface area contributed by atoms with E-state index in [0.717, 1.165) is 48.1 Å². The second-order valence-electron chi connectivity index (χ2n) is 8.47. The Hall–Kier alpha value is -2.49. The predicted molar refractivity (Wildman–Crippen MR) is 145 cm³/mol. The maximum atomic E-state index is 12.4. The van der Waals surface area contributed by atoms with Gasteiger partial charge in [-0.15, -0.1) is 24.0 Å². The second-order valence-corrected chi connectivity index (χ2v) is 8.47. The molecule has 0 saturated carbocycles. The van der Waals surface area contributed by atoms with E-state index in [1.54, 1.807) is 14.2 Å². The number of hydrogen-bond donors (Lipinski definition) is 3. The minimum Gasteiger partial charge on any atom is -0.493 e. The molecule has 182 valence electrons. The molecule has 0 bridgehead atoms. The first-order chi connectivity index (χ1) is 15.3. The highest BCUT2D eigenvalue weighted by Crippen LogP contribution is 2.27. The fraction of sp³-hybridized carbons (Fsp3) is 0.440. The molecular weight excluding hydrogens is 531 g/mol. The molecule has 2 aromatic rings. The van der Waals surface area contributed by atoms with Gasteiger partial charge >= 0.3 is 0 Å². The maximum Gasteiger partial charge on any atom is 0.251 e. The number of ether oxygens (including phenoxy) is 2. The number of methoxy groups -OCH3 is 2. The molecule has 0 unspecified atom stereocenters. The van der Waals surface area contributed by atoms with Gasteiger partial charge in [-0.2, -0.15) is 0 Å². The van der Waals surface area contributed by atoms with Crippen LogP contribution in [0.25, 0.3) is 0 Å². The van der Waals surface area contributed by atoms with E-state index in [1.165, 1.54) is 0 Å². The number of nitrogens with one attached hydrogen (secondary N) is 3. The summed E-state index contributed by atoms with van der Waals surface area (Å²) in [7, 11) is 3.27. The van der Waals surface area contributed by atoms with Crippen LogP contribution >= 0.6 is 24.0 Å². The van der Waals surface area contributed by atoms with Gasteiger partial charge < -0.3 is 25.4 Å². The molecule has 0 aromatic heterocycles. The molecule has 0 aliphatic heterocycles. The highest BCUT2D eigenvalue weighted by molar-refractivity contribution is 14.0. The van der Waals surface area contributed by atoms with E-state index < -0.39 is 0 Å². The third-order valence-corrected chi connectivity index (χ3v) is 4.60. The summed E-state index contributed by atoms with van der Waals surface area (Å²) < 4.78 is 10.7. The van der Waals surface area contributed by atoms with E-state index >= 15 is 0 Å². The Kier molecular flexibility index (Phi) is 12.0. The van der Waals surface area contributed by atoms with Crippen molar-refractivity contribution in [2.24, 2.45) is 4.99 Å². The maximum absolute atomic E-state index is 12.4. The number of hydrogen-bond acceptors (Lipinski definition) is 4. The van der Waals surface area contributed by atoms with Crippen LogP contribution in [0.5, 0.6) is 11.5 Å². The fourth-order valence-corrected chi connectivity index (χ4v) is 3.10. The van der Waals surface area contributed by atoms with Crippen molar-refractivity contribution < 1.29 is 14.3 Å². The van der Waals surface area contributed by atoms with Crippen LogP contribution in [0.1, 0.15) is 49.2 Å². The summed E-state index contributed by atoms with van der Waals surface area (Å²) >= 11 is 0. The van der Waals surface area contributed by atoms with Crippen LogP contribution in [0.3, 0.4) is 0 Å². The molecule has 1 amide bonds. The molecular formula is C25H37IN4O3. The van der Waals surface area contributed by atoms with Gasteiger partial charge in [0.1, 0.15) is 0 Å². The third kappa shape index (κ3) is 9.89. The van der Waals surface area contributed by atoms with Gasteiger partial charge in [0.15, 0.2) is 17.5 Å². The van der Waals surface area contributed by atoms with E-state index in [4.69, 9.17) is 9.47 Å². The van der Waals surface area contributed by atoms with Gasteiger partial charge in [0.2, 0.25) is 0 Å². The SMILES string of the molecule is CCNC(=NCc1cccc(C(=O)NC(C)(C)C)c1)NCCc1ccc(OC)c(OC)c1.I. The molecule has 8 heteroatoms. The molecule has 2 rings (SSSR count). The van der Waals surface area contributed by atoms with E-state index in [0.29, 0.717) is 12.1 Å². The second kappa shape index (κ2) is 13.9. The van der Waals surface area contributed by atoms with Crippen molar-refractivity contribution in [3.05, 3.63) is 59.2 Å². The Balaban J connectivity index is 0.00000544. The molecule has 0 aliphatic rings. The van der Waals surface area contributed by atoms with Gasteiger partial charge in [-0.1, -0.05) is 18.2 Å². The van der Waals surface area contributed by atoms with Crippen LogP contribution in [0, 0.1) is 0 Å². The largest absolute Gasteiger partial charge is 0.493 e. The number of carbonyl (C=O) groups is 1. The lowest BCUT2D eigenvalue weighted by Crippen LogP contribution is -2.40. The Morgan fingerprint density at radius 2 is 1.70 bits per heavy atom. The lowest BCUT2D eigenvalue weighted by Gasteiger charge is -2.20. The summed E-state index contributed by atoms with van der Waals surface area (Å²) in [5.41, 5.74) is 2.48. The first-order valence-corrected chi connectivity index (χ1v) is 10.9. The molecule has 0 aliphatic carbocycles. The van der Waals surface area contributed by atoms with E-state index in [2.05, 4.69) is 20.9 Å². The summed E-state index contributed by atoms with van der Waals surface area (Å²) in [6, 6.07) is 13.5. The zero-order valence-corrected chi connectivity index (χ0v) is 22.8. The quantitative estimate of drug-likeness (QED) is 0.241. The topological polar surface area (TPSA) is 84.0 Å². The number of guanidine groups is 1. The van der Waals surface area contributed by atoms with Crippen LogP contribution in [-0.2, 0) is 13.0 Å². The van der Waals surface area contributed by atoms with Crippen molar-refractivity contribution in [1.82, 2.24) is 16.0 Å². The normalized spacial score (nSPS) is 11.3. The molecule has 0 radical (unpaired) electrons.